The van der Waals surface area contributed by atoms with Gasteiger partial charge >= 0.3 is 13.8 Å². The van der Waals surface area contributed by atoms with Gasteiger partial charge in [-0.15, -0.1) is 0 Å². The van der Waals surface area contributed by atoms with Crippen LogP contribution in [0, 0.1) is 0 Å². The first-order valence-corrected chi connectivity index (χ1v) is 20.3. The minimum Gasteiger partial charge on any atom is -0.463 e. The van der Waals surface area contributed by atoms with E-state index in [1.165, 1.54) is 70.6 Å². The van der Waals surface area contributed by atoms with Crippen molar-refractivity contribution in [1.29, 1.82) is 0 Å². The summed E-state index contributed by atoms with van der Waals surface area (Å²) in [7, 11) is -4.41. The highest BCUT2D eigenvalue weighted by Crippen LogP contribution is 2.42. The standard InChI is InChI=1S/C37H70NO8P/c1-3-5-7-9-11-13-15-17-18-19-21-23-25-27-29-36(40)38-31-32-45-47(42,43)46-34-35(39)33-44-37(41)30-28-26-24-22-20-16-14-12-10-8-6-4-2/h12,14-15,17,35,39H,3-11,13,16,18-34H2,1-2H3,(H,38,40)(H,42,43)/b14-12-,17-15-. The van der Waals surface area contributed by atoms with Gasteiger partial charge in [0.25, 0.3) is 0 Å². The van der Waals surface area contributed by atoms with Gasteiger partial charge in [-0.25, -0.2) is 4.57 Å². The third-order valence-corrected chi connectivity index (χ3v) is 8.84. The number of carbonyl (C=O) groups excluding carboxylic acids is 2. The quantitative estimate of drug-likeness (QED) is 0.0260. The van der Waals surface area contributed by atoms with E-state index in [2.05, 4.69) is 43.5 Å². The lowest BCUT2D eigenvalue weighted by atomic mass is 10.1. The van der Waals surface area contributed by atoms with E-state index in [1.54, 1.807) is 0 Å². The number of aliphatic hydroxyl groups excluding tert-OH is 1. The summed E-state index contributed by atoms with van der Waals surface area (Å²) in [4.78, 5) is 33.7. The van der Waals surface area contributed by atoms with Gasteiger partial charge in [0.05, 0.1) is 13.2 Å². The Bertz CT molecular complexity index is 835. The lowest BCUT2D eigenvalue weighted by molar-refractivity contribution is -0.147. The normalized spacial score (nSPS) is 13.7. The second kappa shape index (κ2) is 34.4. The van der Waals surface area contributed by atoms with Crippen molar-refractivity contribution in [2.24, 2.45) is 0 Å². The van der Waals surface area contributed by atoms with Crippen molar-refractivity contribution in [1.82, 2.24) is 5.32 Å². The number of phosphoric acid groups is 1. The summed E-state index contributed by atoms with van der Waals surface area (Å²) in [6, 6.07) is 0. The van der Waals surface area contributed by atoms with Crippen LogP contribution < -0.4 is 5.32 Å². The van der Waals surface area contributed by atoms with Gasteiger partial charge in [0.1, 0.15) is 12.7 Å². The van der Waals surface area contributed by atoms with Gasteiger partial charge < -0.3 is 20.1 Å². The molecule has 2 atom stereocenters. The zero-order chi connectivity index (χ0) is 34.7. The molecule has 0 heterocycles. The van der Waals surface area contributed by atoms with Crippen LogP contribution >= 0.6 is 7.82 Å². The summed E-state index contributed by atoms with van der Waals surface area (Å²) < 4.78 is 26.7. The number of carbonyl (C=O) groups is 2. The summed E-state index contributed by atoms with van der Waals surface area (Å²) in [6.45, 7) is 3.48. The number of hydrogen-bond donors (Lipinski definition) is 3. The van der Waals surface area contributed by atoms with E-state index < -0.39 is 26.5 Å². The maximum absolute atomic E-state index is 12.0. The van der Waals surface area contributed by atoms with Crippen molar-refractivity contribution >= 4 is 19.7 Å². The number of aliphatic hydroxyl groups is 1. The Morgan fingerprint density at radius 1 is 0.638 bits per heavy atom. The predicted octanol–water partition coefficient (Wildman–Crippen LogP) is 9.65. The predicted molar refractivity (Wildman–Crippen MR) is 192 cm³/mol. The number of hydrogen-bond acceptors (Lipinski definition) is 7. The van der Waals surface area contributed by atoms with Crippen LogP contribution in [0.25, 0.3) is 0 Å². The van der Waals surface area contributed by atoms with Gasteiger partial charge in [-0.2, -0.15) is 0 Å². The van der Waals surface area contributed by atoms with Crippen LogP contribution in [-0.4, -0.2) is 54.3 Å². The van der Waals surface area contributed by atoms with Crippen LogP contribution in [0.15, 0.2) is 24.3 Å². The fraction of sp³-hybridized carbons (Fsp3) is 0.838. The molecule has 0 spiro atoms. The monoisotopic (exact) mass is 687 g/mol. The molecule has 0 saturated heterocycles. The Kier molecular flexibility index (Phi) is 33.3. The van der Waals surface area contributed by atoms with Crippen molar-refractivity contribution in [2.45, 2.75) is 174 Å². The van der Waals surface area contributed by atoms with Crippen LogP contribution in [0.2, 0.25) is 0 Å². The number of unbranched alkanes of at least 4 members (excludes halogenated alkanes) is 18. The van der Waals surface area contributed by atoms with Crippen molar-refractivity contribution in [3.63, 3.8) is 0 Å². The summed E-state index contributed by atoms with van der Waals surface area (Å²) >= 11 is 0. The Balaban J connectivity index is 3.65. The number of nitrogens with one attached hydrogen (secondary N) is 1. The fourth-order valence-electron chi connectivity index (χ4n) is 4.96. The molecule has 2 unspecified atom stereocenters. The van der Waals surface area contributed by atoms with Crippen molar-refractivity contribution in [3.05, 3.63) is 24.3 Å². The number of ether oxygens (including phenoxy) is 1. The molecule has 0 aliphatic carbocycles. The molecule has 0 radical (unpaired) electrons. The highest BCUT2D eigenvalue weighted by atomic mass is 31.2. The number of esters is 1. The molecule has 3 N–H and O–H groups in total. The van der Waals surface area contributed by atoms with E-state index in [4.69, 9.17) is 13.8 Å². The first-order chi connectivity index (χ1) is 22.8. The van der Waals surface area contributed by atoms with Crippen LogP contribution in [-0.2, 0) is 27.9 Å². The third-order valence-electron chi connectivity index (χ3n) is 7.85. The zero-order valence-electron chi connectivity index (χ0n) is 30.0. The molecule has 9 nitrogen and oxygen atoms in total. The van der Waals surface area contributed by atoms with Gasteiger partial charge in [-0.1, -0.05) is 115 Å². The van der Waals surface area contributed by atoms with Gasteiger partial charge in [0.15, 0.2) is 0 Å². The molecular weight excluding hydrogens is 617 g/mol. The Morgan fingerprint density at radius 2 is 1.09 bits per heavy atom. The highest BCUT2D eigenvalue weighted by molar-refractivity contribution is 7.47. The molecule has 0 aromatic heterocycles. The van der Waals surface area contributed by atoms with E-state index in [0.717, 1.165) is 70.6 Å². The Labute approximate surface area is 287 Å². The molecule has 0 fully saturated rings. The largest absolute Gasteiger partial charge is 0.472 e. The second-order valence-corrected chi connectivity index (χ2v) is 14.0. The number of allylic oxidation sites excluding steroid dienone is 4. The van der Waals surface area contributed by atoms with Crippen LogP contribution in [0.1, 0.15) is 168 Å². The molecule has 0 bridgehead atoms. The summed E-state index contributed by atoms with van der Waals surface area (Å²) in [5, 5.41) is 12.6. The van der Waals surface area contributed by atoms with E-state index in [1.807, 2.05) is 0 Å². The molecule has 0 aliphatic rings. The topological polar surface area (TPSA) is 131 Å². The first kappa shape index (κ1) is 45.5. The third kappa shape index (κ3) is 35.6. The molecule has 276 valence electrons. The number of phosphoric ester groups is 1. The molecule has 0 saturated carbocycles. The lowest BCUT2D eigenvalue weighted by Gasteiger charge is -2.15. The van der Waals surface area contributed by atoms with E-state index >= 15 is 0 Å². The molecular formula is C37H70NO8P. The minimum atomic E-state index is -4.41. The first-order valence-electron chi connectivity index (χ1n) is 18.8. The van der Waals surface area contributed by atoms with Gasteiger partial charge in [-0.3, -0.25) is 18.6 Å². The maximum atomic E-state index is 12.0. The molecule has 0 aromatic carbocycles. The minimum absolute atomic E-state index is 0.0774. The highest BCUT2D eigenvalue weighted by Gasteiger charge is 2.23. The molecule has 0 rings (SSSR count). The molecule has 1 amide bonds. The Morgan fingerprint density at radius 3 is 1.64 bits per heavy atom. The van der Waals surface area contributed by atoms with Crippen molar-refractivity contribution in [2.75, 3.05) is 26.4 Å². The van der Waals surface area contributed by atoms with Crippen LogP contribution in [0.3, 0.4) is 0 Å². The van der Waals surface area contributed by atoms with Gasteiger partial charge in [-0.05, 0) is 64.2 Å². The van der Waals surface area contributed by atoms with Gasteiger partial charge in [0, 0.05) is 19.4 Å². The smallest absolute Gasteiger partial charge is 0.463 e. The van der Waals surface area contributed by atoms with Crippen LogP contribution in [0.4, 0.5) is 0 Å². The number of amides is 1. The van der Waals surface area contributed by atoms with Crippen molar-refractivity contribution < 1.29 is 37.9 Å². The Hall–Kier alpha value is -1.51. The van der Waals surface area contributed by atoms with Crippen LogP contribution in [0.5, 0.6) is 0 Å². The van der Waals surface area contributed by atoms with E-state index in [-0.39, 0.29) is 32.1 Å². The molecule has 47 heavy (non-hydrogen) atoms. The fourth-order valence-corrected chi connectivity index (χ4v) is 5.71. The lowest BCUT2D eigenvalue weighted by Crippen LogP contribution is -2.27. The second-order valence-electron chi connectivity index (χ2n) is 12.5. The maximum Gasteiger partial charge on any atom is 0.472 e. The van der Waals surface area contributed by atoms with E-state index in [9.17, 15) is 24.2 Å². The molecule has 0 aromatic rings. The van der Waals surface area contributed by atoms with Gasteiger partial charge in [0.2, 0.25) is 5.91 Å². The molecule has 10 heteroatoms. The average molecular weight is 688 g/mol. The van der Waals surface area contributed by atoms with Crippen molar-refractivity contribution in [3.8, 4) is 0 Å². The summed E-state index contributed by atoms with van der Waals surface area (Å²) in [6.07, 6.45) is 33.9. The summed E-state index contributed by atoms with van der Waals surface area (Å²) in [5.74, 6) is -0.535. The summed E-state index contributed by atoms with van der Waals surface area (Å²) in [5.41, 5.74) is 0. The number of rotatable bonds is 35. The SMILES string of the molecule is CCCCC/C=C\CCCCCCCC(=O)OCC(O)COP(=O)(O)OCCNC(=O)CCCCCCC/C=C\CCCCCCC. The zero-order valence-corrected chi connectivity index (χ0v) is 30.9. The molecule has 0 aliphatic heterocycles. The van der Waals surface area contributed by atoms with E-state index in [0.29, 0.717) is 6.42 Å². The average Bonchev–Trinajstić information content (AvgIpc) is 3.05.